The van der Waals surface area contributed by atoms with Gasteiger partial charge in [-0.15, -0.1) is 0 Å². The molecular formula is C25H25NO3S. The molecule has 0 fully saturated rings. The minimum absolute atomic E-state index is 0.353. The van der Waals surface area contributed by atoms with Gasteiger partial charge in [0, 0.05) is 28.1 Å². The topological polar surface area (TPSA) is 59.3 Å². The highest BCUT2D eigenvalue weighted by Gasteiger charge is 2.24. The van der Waals surface area contributed by atoms with Crippen molar-refractivity contribution >= 4 is 37.5 Å². The summed E-state index contributed by atoms with van der Waals surface area (Å²) in [6, 6.07) is 13.6. The zero-order valence-corrected chi connectivity index (χ0v) is 18.3. The summed E-state index contributed by atoms with van der Waals surface area (Å²) in [7, 11) is -3.74. The Morgan fingerprint density at radius 2 is 1.53 bits per heavy atom. The molecule has 1 aliphatic rings. The Labute approximate surface area is 177 Å². The van der Waals surface area contributed by atoms with Crippen molar-refractivity contribution in [1.82, 2.24) is 0 Å². The van der Waals surface area contributed by atoms with Gasteiger partial charge in [0.05, 0.1) is 10.6 Å². The van der Waals surface area contributed by atoms with Crippen LogP contribution in [0.4, 0.5) is 5.69 Å². The zero-order valence-electron chi connectivity index (χ0n) is 17.5. The smallest absolute Gasteiger partial charge is 0.262 e. The number of hydrogen-bond donors (Lipinski definition) is 1. The molecule has 1 N–H and O–H groups in total. The quantitative estimate of drug-likeness (QED) is 0.431. The predicted molar refractivity (Wildman–Crippen MR) is 122 cm³/mol. The zero-order chi connectivity index (χ0) is 21.0. The van der Waals surface area contributed by atoms with Crippen molar-refractivity contribution in [3.05, 3.63) is 70.5 Å². The second kappa shape index (κ2) is 6.88. The van der Waals surface area contributed by atoms with Gasteiger partial charge in [0.25, 0.3) is 10.0 Å². The molecule has 0 saturated carbocycles. The van der Waals surface area contributed by atoms with Gasteiger partial charge in [-0.2, -0.15) is 0 Å². The lowest BCUT2D eigenvalue weighted by atomic mass is 9.94. The maximum atomic E-state index is 13.4. The van der Waals surface area contributed by atoms with Crippen LogP contribution >= 0.6 is 0 Å². The number of sulfonamides is 1. The van der Waals surface area contributed by atoms with Crippen LogP contribution in [0, 0.1) is 20.8 Å². The van der Waals surface area contributed by atoms with E-state index in [0.717, 1.165) is 69.9 Å². The van der Waals surface area contributed by atoms with Gasteiger partial charge in [0.1, 0.15) is 11.3 Å². The Hall–Kier alpha value is -2.79. The van der Waals surface area contributed by atoms with E-state index in [9.17, 15) is 8.42 Å². The lowest BCUT2D eigenvalue weighted by molar-refractivity contribution is 0.507. The van der Waals surface area contributed by atoms with Crippen molar-refractivity contribution in [2.24, 2.45) is 0 Å². The van der Waals surface area contributed by atoms with Gasteiger partial charge in [0.15, 0.2) is 0 Å². The predicted octanol–water partition coefficient (Wildman–Crippen LogP) is 6.19. The SMILES string of the molecule is Cc1cc(C)c(S(=O)(=O)Nc2cc3c4c(oc3c3ccccc23)CCCC4)c(C)c1. The van der Waals surface area contributed by atoms with Crippen LogP contribution in [0.25, 0.3) is 21.7 Å². The first-order valence-electron chi connectivity index (χ1n) is 10.4. The third-order valence-electron chi connectivity index (χ3n) is 6.08. The molecule has 0 spiro atoms. The summed E-state index contributed by atoms with van der Waals surface area (Å²) >= 11 is 0. The van der Waals surface area contributed by atoms with Gasteiger partial charge in [-0.05, 0) is 57.2 Å². The van der Waals surface area contributed by atoms with E-state index in [4.69, 9.17) is 4.42 Å². The summed E-state index contributed by atoms with van der Waals surface area (Å²) in [6.07, 6.45) is 4.19. The van der Waals surface area contributed by atoms with E-state index in [1.165, 1.54) is 5.56 Å². The monoisotopic (exact) mass is 419 g/mol. The van der Waals surface area contributed by atoms with Gasteiger partial charge in [0.2, 0.25) is 0 Å². The van der Waals surface area contributed by atoms with Crippen LogP contribution in [-0.4, -0.2) is 8.42 Å². The summed E-state index contributed by atoms with van der Waals surface area (Å²) in [4.78, 5) is 0.353. The highest BCUT2D eigenvalue weighted by atomic mass is 32.2. The fourth-order valence-corrected chi connectivity index (χ4v) is 6.48. The summed E-state index contributed by atoms with van der Waals surface area (Å²) in [5, 5.41) is 2.82. The fourth-order valence-electron chi connectivity index (χ4n) is 4.95. The summed E-state index contributed by atoms with van der Waals surface area (Å²) in [5.74, 6) is 1.05. The van der Waals surface area contributed by atoms with Crippen LogP contribution in [0.5, 0.6) is 0 Å². The van der Waals surface area contributed by atoms with Crippen LogP contribution < -0.4 is 4.72 Å². The van der Waals surface area contributed by atoms with Crippen LogP contribution in [-0.2, 0) is 22.9 Å². The van der Waals surface area contributed by atoms with Gasteiger partial charge in [-0.3, -0.25) is 4.72 Å². The third-order valence-corrected chi connectivity index (χ3v) is 7.75. The molecule has 1 aromatic heterocycles. The van der Waals surface area contributed by atoms with Crippen molar-refractivity contribution in [3.8, 4) is 0 Å². The molecule has 0 aliphatic heterocycles. The number of benzene rings is 3. The van der Waals surface area contributed by atoms with Gasteiger partial charge in [-0.1, -0.05) is 42.0 Å². The Kier molecular flexibility index (Phi) is 4.40. The Morgan fingerprint density at radius 1 is 0.867 bits per heavy atom. The average molecular weight is 420 g/mol. The largest absolute Gasteiger partial charge is 0.460 e. The number of fused-ring (bicyclic) bond motifs is 5. The highest BCUT2D eigenvalue weighted by Crippen LogP contribution is 2.40. The molecule has 4 nitrogen and oxygen atoms in total. The second-order valence-corrected chi connectivity index (χ2v) is 10.0. The molecule has 5 heteroatoms. The van der Waals surface area contributed by atoms with Crippen LogP contribution in [0.2, 0.25) is 0 Å². The first-order chi connectivity index (χ1) is 14.3. The number of anilines is 1. The van der Waals surface area contributed by atoms with Crippen LogP contribution in [0.1, 0.15) is 40.9 Å². The molecule has 0 amide bonds. The Bertz CT molecular complexity index is 1390. The van der Waals surface area contributed by atoms with Crippen molar-refractivity contribution in [2.75, 3.05) is 4.72 Å². The number of furan rings is 1. The maximum absolute atomic E-state index is 13.4. The normalized spacial score (nSPS) is 14.2. The van der Waals surface area contributed by atoms with Gasteiger partial charge < -0.3 is 4.42 Å². The molecule has 0 saturated heterocycles. The van der Waals surface area contributed by atoms with Crippen molar-refractivity contribution < 1.29 is 12.8 Å². The first kappa shape index (κ1) is 19.2. The standard InChI is InChI=1S/C25H25NO3S/c1-15-12-16(2)25(17(3)13-15)30(27,28)26-22-14-21-19-9-6-7-11-23(19)29-24(21)20-10-5-4-8-18(20)22/h4-5,8,10,12-14,26H,6-7,9,11H2,1-3H3. The molecule has 1 aliphatic carbocycles. The molecule has 0 bridgehead atoms. The lowest BCUT2D eigenvalue weighted by Crippen LogP contribution is -2.16. The van der Waals surface area contributed by atoms with E-state index >= 15 is 0 Å². The lowest BCUT2D eigenvalue weighted by Gasteiger charge is -2.16. The van der Waals surface area contributed by atoms with Gasteiger partial charge in [-0.25, -0.2) is 8.42 Å². The van der Waals surface area contributed by atoms with Crippen molar-refractivity contribution in [2.45, 2.75) is 51.3 Å². The molecule has 5 rings (SSSR count). The summed E-state index contributed by atoms with van der Waals surface area (Å²) < 4.78 is 36.0. The van der Waals surface area contributed by atoms with E-state index in [0.29, 0.717) is 10.6 Å². The molecule has 30 heavy (non-hydrogen) atoms. The number of nitrogens with one attached hydrogen (secondary N) is 1. The van der Waals surface area contributed by atoms with E-state index in [1.54, 1.807) is 0 Å². The van der Waals surface area contributed by atoms with Crippen LogP contribution in [0.3, 0.4) is 0 Å². The van der Waals surface area contributed by atoms with E-state index in [2.05, 4.69) is 4.72 Å². The average Bonchev–Trinajstić information content (AvgIpc) is 3.06. The summed E-state index contributed by atoms with van der Waals surface area (Å²) in [6.45, 7) is 5.68. The minimum atomic E-state index is -3.74. The van der Waals surface area contributed by atoms with Crippen molar-refractivity contribution in [3.63, 3.8) is 0 Å². The highest BCUT2D eigenvalue weighted by molar-refractivity contribution is 7.92. The number of rotatable bonds is 3. The van der Waals surface area contributed by atoms with E-state index in [-0.39, 0.29) is 0 Å². The maximum Gasteiger partial charge on any atom is 0.262 e. The molecule has 0 unspecified atom stereocenters. The molecule has 4 aromatic rings. The Balaban J connectivity index is 1.72. The van der Waals surface area contributed by atoms with E-state index in [1.807, 2.05) is 63.2 Å². The molecular weight excluding hydrogens is 394 g/mol. The molecule has 3 aromatic carbocycles. The molecule has 154 valence electrons. The van der Waals surface area contributed by atoms with E-state index < -0.39 is 10.0 Å². The minimum Gasteiger partial charge on any atom is -0.460 e. The fraction of sp³-hybridized carbons (Fsp3) is 0.280. The number of hydrogen-bond acceptors (Lipinski definition) is 3. The number of aryl methyl sites for hydroxylation is 5. The second-order valence-electron chi connectivity index (χ2n) is 8.39. The Morgan fingerprint density at radius 3 is 2.27 bits per heavy atom. The van der Waals surface area contributed by atoms with Gasteiger partial charge >= 0.3 is 0 Å². The molecule has 0 radical (unpaired) electrons. The summed E-state index contributed by atoms with van der Waals surface area (Å²) in [5.41, 5.74) is 5.26. The molecule has 0 atom stereocenters. The third kappa shape index (κ3) is 3.00. The molecule has 1 heterocycles. The van der Waals surface area contributed by atoms with Crippen LogP contribution in [0.15, 0.2) is 51.8 Å². The first-order valence-corrected chi connectivity index (χ1v) is 11.9. The van der Waals surface area contributed by atoms with Crippen molar-refractivity contribution in [1.29, 1.82) is 0 Å².